The number of carbonyl (C=O) groups is 1. The molecule has 152 valence electrons. The van der Waals surface area contributed by atoms with Crippen LogP contribution in [0.5, 0.6) is 5.75 Å². The van der Waals surface area contributed by atoms with E-state index in [-0.39, 0.29) is 23.5 Å². The van der Waals surface area contributed by atoms with Crippen molar-refractivity contribution < 1.29 is 27.4 Å². The van der Waals surface area contributed by atoms with Crippen LogP contribution in [0.1, 0.15) is 29.9 Å². The van der Waals surface area contributed by atoms with Crippen LogP contribution >= 0.6 is 11.3 Å². The Morgan fingerprint density at radius 1 is 1.29 bits per heavy atom. The molecule has 1 aromatic heterocycles. The lowest BCUT2D eigenvalue weighted by molar-refractivity contribution is -0.274. The fourth-order valence-corrected chi connectivity index (χ4v) is 3.75. The van der Waals surface area contributed by atoms with E-state index in [1.807, 2.05) is 19.2 Å². The van der Waals surface area contributed by atoms with Crippen LogP contribution in [0, 0.1) is 0 Å². The molecule has 1 aliphatic rings. The Balaban J connectivity index is 1.56. The molecule has 1 fully saturated rings. The largest absolute Gasteiger partial charge is 0.573 e. The van der Waals surface area contributed by atoms with E-state index >= 15 is 0 Å². The number of amides is 1. The first-order valence-electron chi connectivity index (χ1n) is 8.67. The van der Waals surface area contributed by atoms with E-state index in [1.165, 1.54) is 23.5 Å². The summed E-state index contributed by atoms with van der Waals surface area (Å²) < 4.78 is 46.0. The number of rotatable bonds is 5. The first kappa shape index (κ1) is 20.6. The SMILES string of the molecule is CC1CN(Cc2csc(NC(=O)c3ccc(OC(F)(F)F)cc3)n2)CC(C)O1. The maximum Gasteiger partial charge on any atom is 0.573 e. The summed E-state index contributed by atoms with van der Waals surface area (Å²) in [5, 5.41) is 4.97. The zero-order valence-electron chi connectivity index (χ0n) is 15.3. The molecule has 0 radical (unpaired) electrons. The van der Waals surface area contributed by atoms with E-state index in [0.29, 0.717) is 11.7 Å². The number of ether oxygens (including phenoxy) is 2. The molecule has 1 aromatic carbocycles. The summed E-state index contributed by atoms with van der Waals surface area (Å²) in [6.45, 7) is 6.35. The molecule has 2 aromatic rings. The molecule has 1 saturated heterocycles. The third-order valence-corrected chi connectivity index (χ3v) is 4.81. The summed E-state index contributed by atoms with van der Waals surface area (Å²) >= 11 is 1.30. The number of morpholine rings is 1. The van der Waals surface area contributed by atoms with E-state index in [2.05, 4.69) is 19.9 Å². The van der Waals surface area contributed by atoms with Crippen molar-refractivity contribution in [3.8, 4) is 5.75 Å². The fourth-order valence-electron chi connectivity index (χ4n) is 3.06. The fraction of sp³-hybridized carbons (Fsp3) is 0.444. The first-order valence-corrected chi connectivity index (χ1v) is 9.55. The van der Waals surface area contributed by atoms with Crippen LogP contribution in [0.25, 0.3) is 0 Å². The van der Waals surface area contributed by atoms with Crippen LogP contribution in [0.15, 0.2) is 29.6 Å². The second kappa shape index (κ2) is 8.46. The van der Waals surface area contributed by atoms with E-state index in [4.69, 9.17) is 4.74 Å². The van der Waals surface area contributed by atoms with Gasteiger partial charge in [-0.05, 0) is 38.1 Å². The first-order chi connectivity index (χ1) is 13.2. The van der Waals surface area contributed by atoms with Crippen LogP contribution in [0.4, 0.5) is 18.3 Å². The molecule has 6 nitrogen and oxygen atoms in total. The van der Waals surface area contributed by atoms with Crippen molar-refractivity contribution in [3.05, 3.63) is 40.9 Å². The molecular formula is C18H20F3N3O3S. The number of hydrogen-bond acceptors (Lipinski definition) is 6. The summed E-state index contributed by atoms with van der Waals surface area (Å²) in [4.78, 5) is 18.9. The maximum atomic E-state index is 12.3. The topological polar surface area (TPSA) is 63.7 Å². The third-order valence-electron chi connectivity index (χ3n) is 4.00. The highest BCUT2D eigenvalue weighted by atomic mass is 32.1. The van der Waals surface area contributed by atoms with Crippen LogP contribution in [-0.2, 0) is 11.3 Å². The van der Waals surface area contributed by atoms with E-state index < -0.39 is 12.3 Å². The van der Waals surface area contributed by atoms with Gasteiger partial charge in [-0.2, -0.15) is 0 Å². The second-order valence-electron chi connectivity index (χ2n) is 6.62. The summed E-state index contributed by atoms with van der Waals surface area (Å²) in [7, 11) is 0. The van der Waals surface area contributed by atoms with E-state index in [0.717, 1.165) is 30.9 Å². The summed E-state index contributed by atoms with van der Waals surface area (Å²) in [6, 6.07) is 4.72. The van der Waals surface area contributed by atoms with Gasteiger partial charge in [-0.25, -0.2) is 4.98 Å². The number of thiazole rings is 1. The molecule has 0 saturated carbocycles. The molecule has 2 atom stereocenters. The van der Waals surface area contributed by atoms with Crippen molar-refractivity contribution in [3.63, 3.8) is 0 Å². The number of anilines is 1. The Hall–Kier alpha value is -2.17. The van der Waals surface area contributed by atoms with Gasteiger partial charge in [0.05, 0.1) is 17.9 Å². The van der Waals surface area contributed by atoms with Gasteiger partial charge >= 0.3 is 6.36 Å². The van der Waals surface area contributed by atoms with Gasteiger partial charge in [0.1, 0.15) is 5.75 Å². The molecule has 0 bridgehead atoms. The number of halogens is 3. The molecule has 1 aliphatic heterocycles. The van der Waals surface area contributed by atoms with Gasteiger partial charge in [-0.15, -0.1) is 24.5 Å². The number of carbonyl (C=O) groups excluding carboxylic acids is 1. The quantitative estimate of drug-likeness (QED) is 0.803. The third kappa shape index (κ3) is 5.91. The Morgan fingerprint density at radius 3 is 2.54 bits per heavy atom. The smallest absolute Gasteiger partial charge is 0.406 e. The molecule has 1 amide bonds. The van der Waals surface area contributed by atoms with Gasteiger partial charge in [0.25, 0.3) is 5.91 Å². The normalized spacial score (nSPS) is 20.8. The lowest BCUT2D eigenvalue weighted by atomic mass is 10.2. The molecule has 10 heteroatoms. The van der Waals surface area contributed by atoms with Crippen LogP contribution < -0.4 is 10.1 Å². The Morgan fingerprint density at radius 2 is 1.93 bits per heavy atom. The highest BCUT2D eigenvalue weighted by Crippen LogP contribution is 2.24. The minimum Gasteiger partial charge on any atom is -0.406 e. The molecular weight excluding hydrogens is 395 g/mol. The summed E-state index contributed by atoms with van der Waals surface area (Å²) in [6.07, 6.45) is -4.45. The van der Waals surface area contributed by atoms with E-state index in [9.17, 15) is 18.0 Å². The van der Waals surface area contributed by atoms with Crippen molar-refractivity contribution in [2.75, 3.05) is 18.4 Å². The van der Waals surface area contributed by atoms with Crippen LogP contribution in [-0.4, -0.2) is 47.5 Å². The molecule has 2 heterocycles. The Kier molecular flexibility index (Phi) is 6.21. The lowest BCUT2D eigenvalue weighted by Gasteiger charge is -2.34. The molecule has 1 N–H and O–H groups in total. The molecule has 3 rings (SSSR count). The minimum atomic E-state index is -4.77. The standard InChI is InChI=1S/C18H20F3N3O3S/c1-11-7-24(8-12(2)26-11)9-14-10-28-17(22-14)23-16(25)13-3-5-15(6-4-13)27-18(19,20)21/h3-6,10-12H,7-9H2,1-2H3,(H,22,23,25). The second-order valence-corrected chi connectivity index (χ2v) is 7.48. The van der Waals surface area contributed by atoms with Crippen molar-refractivity contribution >= 4 is 22.4 Å². The number of alkyl halides is 3. The highest BCUT2D eigenvalue weighted by Gasteiger charge is 2.31. The number of hydrogen-bond donors (Lipinski definition) is 1. The van der Waals surface area contributed by atoms with Crippen molar-refractivity contribution in [2.45, 2.75) is 39.0 Å². The van der Waals surface area contributed by atoms with Gasteiger partial charge in [-0.1, -0.05) is 0 Å². The molecule has 0 spiro atoms. The van der Waals surface area contributed by atoms with Gasteiger partial charge in [0.2, 0.25) is 0 Å². The minimum absolute atomic E-state index is 0.158. The number of nitrogens with one attached hydrogen (secondary N) is 1. The van der Waals surface area contributed by atoms with Gasteiger partial charge in [-0.3, -0.25) is 15.0 Å². The molecule has 2 unspecified atom stereocenters. The summed E-state index contributed by atoms with van der Waals surface area (Å²) in [5.74, 6) is -0.831. The van der Waals surface area contributed by atoms with Crippen LogP contribution in [0.2, 0.25) is 0 Å². The number of benzene rings is 1. The average Bonchev–Trinajstić information content (AvgIpc) is 2.99. The van der Waals surface area contributed by atoms with Crippen molar-refractivity contribution in [1.29, 1.82) is 0 Å². The van der Waals surface area contributed by atoms with Gasteiger partial charge < -0.3 is 9.47 Å². The number of nitrogens with zero attached hydrogens (tertiary/aromatic N) is 2. The van der Waals surface area contributed by atoms with Gasteiger partial charge in [0.15, 0.2) is 5.13 Å². The average molecular weight is 415 g/mol. The summed E-state index contributed by atoms with van der Waals surface area (Å²) in [5.41, 5.74) is 1.05. The lowest BCUT2D eigenvalue weighted by Crippen LogP contribution is -2.44. The highest BCUT2D eigenvalue weighted by molar-refractivity contribution is 7.13. The monoisotopic (exact) mass is 415 g/mol. The van der Waals surface area contributed by atoms with E-state index in [1.54, 1.807) is 0 Å². The predicted octanol–water partition coefficient (Wildman–Crippen LogP) is 3.90. The zero-order valence-corrected chi connectivity index (χ0v) is 16.1. The zero-order chi connectivity index (χ0) is 20.3. The van der Waals surface area contributed by atoms with Crippen LogP contribution in [0.3, 0.4) is 0 Å². The van der Waals surface area contributed by atoms with Crippen molar-refractivity contribution in [1.82, 2.24) is 9.88 Å². The maximum absolute atomic E-state index is 12.3. The predicted molar refractivity (Wildman–Crippen MR) is 98.5 cm³/mol. The Bertz CT molecular complexity index is 800. The number of aromatic nitrogens is 1. The molecule has 28 heavy (non-hydrogen) atoms. The van der Waals surface area contributed by atoms with Crippen molar-refractivity contribution in [2.24, 2.45) is 0 Å². The Labute approximate surface area is 164 Å². The molecule has 0 aliphatic carbocycles. The van der Waals surface area contributed by atoms with Gasteiger partial charge in [0, 0.05) is 30.6 Å².